The maximum absolute atomic E-state index is 5.42. The van der Waals surface area contributed by atoms with Gasteiger partial charge in [-0.05, 0) is 31.5 Å². The lowest BCUT2D eigenvalue weighted by molar-refractivity contribution is 0.270. The van der Waals surface area contributed by atoms with E-state index < -0.39 is 0 Å². The van der Waals surface area contributed by atoms with Crippen LogP contribution < -0.4 is 15.0 Å². The minimum absolute atomic E-state index is 0.805. The summed E-state index contributed by atoms with van der Waals surface area (Å²) >= 11 is 0. The minimum atomic E-state index is 0.805. The molecule has 0 saturated carbocycles. The number of hydrogen-bond acceptors (Lipinski definition) is 6. The highest BCUT2D eigenvalue weighted by Crippen LogP contribution is 2.19. The van der Waals surface area contributed by atoms with E-state index in [2.05, 4.69) is 33.1 Å². The Bertz CT molecular complexity index is 713. The van der Waals surface area contributed by atoms with Gasteiger partial charge in [0.25, 0.3) is 0 Å². The Hall–Kier alpha value is -2.34. The number of anilines is 2. The molecule has 0 amide bonds. The first-order chi connectivity index (χ1) is 12.7. The van der Waals surface area contributed by atoms with Crippen molar-refractivity contribution in [2.75, 3.05) is 56.6 Å². The van der Waals surface area contributed by atoms with Gasteiger partial charge in [0.2, 0.25) is 5.95 Å². The van der Waals surface area contributed by atoms with Crippen molar-refractivity contribution in [2.24, 2.45) is 0 Å². The van der Waals surface area contributed by atoms with Crippen molar-refractivity contribution in [1.82, 2.24) is 14.9 Å². The van der Waals surface area contributed by atoms with Gasteiger partial charge < -0.3 is 19.9 Å². The highest BCUT2D eigenvalue weighted by atomic mass is 16.5. The molecule has 2 aromatic rings. The van der Waals surface area contributed by atoms with Gasteiger partial charge in [0, 0.05) is 44.5 Å². The Balaban J connectivity index is 1.61. The van der Waals surface area contributed by atoms with Gasteiger partial charge in [0.05, 0.1) is 7.11 Å². The number of ether oxygens (including phenoxy) is 1. The van der Waals surface area contributed by atoms with E-state index in [1.807, 2.05) is 31.2 Å². The summed E-state index contributed by atoms with van der Waals surface area (Å²) in [5.41, 5.74) is 2.19. The molecule has 1 aromatic heterocycles. The van der Waals surface area contributed by atoms with E-state index in [4.69, 9.17) is 9.72 Å². The number of benzene rings is 1. The van der Waals surface area contributed by atoms with Crippen LogP contribution in [0.2, 0.25) is 0 Å². The van der Waals surface area contributed by atoms with E-state index in [0.29, 0.717) is 0 Å². The number of hydrogen-bond donors (Lipinski definition) is 1. The molecule has 3 rings (SSSR count). The van der Waals surface area contributed by atoms with Gasteiger partial charge in [-0.2, -0.15) is 4.98 Å². The molecule has 1 aliphatic rings. The number of nitrogens with one attached hydrogen (secondary N) is 1. The Kier molecular flexibility index (Phi) is 6.28. The maximum Gasteiger partial charge on any atom is 0.227 e. The van der Waals surface area contributed by atoms with E-state index in [1.54, 1.807) is 7.11 Å². The zero-order chi connectivity index (χ0) is 18.4. The van der Waals surface area contributed by atoms with Gasteiger partial charge in [-0.15, -0.1) is 0 Å². The molecule has 140 valence electrons. The van der Waals surface area contributed by atoms with Crippen LogP contribution in [0.15, 0.2) is 30.3 Å². The normalized spacial score (nSPS) is 15.1. The molecule has 1 aliphatic heterocycles. The fraction of sp³-hybridized carbons (Fsp3) is 0.500. The van der Waals surface area contributed by atoms with E-state index in [1.165, 1.54) is 5.56 Å². The number of aryl methyl sites for hydroxylation is 1. The minimum Gasteiger partial charge on any atom is -0.496 e. The van der Waals surface area contributed by atoms with Crippen LogP contribution in [-0.2, 0) is 6.42 Å². The molecule has 26 heavy (non-hydrogen) atoms. The zero-order valence-electron chi connectivity index (χ0n) is 16.0. The smallest absolute Gasteiger partial charge is 0.227 e. The quantitative estimate of drug-likeness (QED) is 0.824. The Morgan fingerprint density at radius 3 is 2.62 bits per heavy atom. The first-order valence-corrected chi connectivity index (χ1v) is 9.38. The van der Waals surface area contributed by atoms with E-state index in [9.17, 15) is 0 Å². The molecule has 1 fully saturated rings. The van der Waals surface area contributed by atoms with Gasteiger partial charge in [0.15, 0.2) is 0 Å². The van der Waals surface area contributed by atoms with Crippen LogP contribution in [0.1, 0.15) is 18.2 Å². The van der Waals surface area contributed by atoms with Crippen LogP contribution in [0.5, 0.6) is 5.75 Å². The molecule has 1 N–H and O–H groups in total. The van der Waals surface area contributed by atoms with Crippen LogP contribution in [-0.4, -0.2) is 61.2 Å². The van der Waals surface area contributed by atoms with Crippen LogP contribution in [0, 0.1) is 6.92 Å². The Morgan fingerprint density at radius 2 is 1.88 bits per heavy atom. The fourth-order valence-corrected chi connectivity index (χ4v) is 3.28. The van der Waals surface area contributed by atoms with Crippen LogP contribution >= 0.6 is 0 Å². The summed E-state index contributed by atoms with van der Waals surface area (Å²) in [5, 5.41) is 3.44. The van der Waals surface area contributed by atoms with Crippen molar-refractivity contribution < 1.29 is 4.74 Å². The molecule has 0 bridgehead atoms. The second-order valence-electron chi connectivity index (χ2n) is 6.60. The predicted octanol–water partition coefficient (Wildman–Crippen LogP) is 2.59. The van der Waals surface area contributed by atoms with E-state index in [0.717, 1.165) is 68.9 Å². The first kappa shape index (κ1) is 18.5. The second kappa shape index (κ2) is 8.85. The summed E-state index contributed by atoms with van der Waals surface area (Å²) in [4.78, 5) is 14.1. The molecule has 0 spiro atoms. The third-order valence-electron chi connectivity index (χ3n) is 4.84. The third-order valence-corrected chi connectivity index (χ3v) is 4.84. The predicted molar refractivity (Wildman–Crippen MR) is 106 cm³/mol. The van der Waals surface area contributed by atoms with Crippen molar-refractivity contribution in [3.05, 3.63) is 41.6 Å². The number of nitrogens with zero attached hydrogens (tertiary/aromatic N) is 4. The number of para-hydroxylation sites is 1. The van der Waals surface area contributed by atoms with Crippen LogP contribution in [0.25, 0.3) is 0 Å². The van der Waals surface area contributed by atoms with Crippen LogP contribution in [0.3, 0.4) is 0 Å². The molecule has 1 saturated heterocycles. The number of piperazine rings is 1. The average Bonchev–Trinajstić information content (AvgIpc) is 2.68. The zero-order valence-corrected chi connectivity index (χ0v) is 16.0. The SMILES string of the molecule is CCN1CCN(c2nc(C)cc(NCCc3ccccc3OC)n2)CC1. The van der Waals surface area contributed by atoms with Crippen molar-refractivity contribution >= 4 is 11.8 Å². The highest BCUT2D eigenvalue weighted by molar-refractivity contribution is 5.44. The summed E-state index contributed by atoms with van der Waals surface area (Å²) in [6, 6.07) is 10.1. The van der Waals surface area contributed by atoms with E-state index in [-0.39, 0.29) is 0 Å². The topological polar surface area (TPSA) is 53.5 Å². The lowest BCUT2D eigenvalue weighted by Crippen LogP contribution is -2.46. The van der Waals surface area contributed by atoms with Crippen molar-refractivity contribution in [2.45, 2.75) is 20.3 Å². The fourth-order valence-electron chi connectivity index (χ4n) is 3.28. The van der Waals surface area contributed by atoms with Crippen molar-refractivity contribution in [3.63, 3.8) is 0 Å². The second-order valence-corrected chi connectivity index (χ2v) is 6.60. The highest BCUT2D eigenvalue weighted by Gasteiger charge is 2.18. The van der Waals surface area contributed by atoms with Crippen molar-refractivity contribution in [1.29, 1.82) is 0 Å². The molecule has 1 aromatic carbocycles. The Morgan fingerprint density at radius 1 is 1.12 bits per heavy atom. The van der Waals surface area contributed by atoms with E-state index >= 15 is 0 Å². The summed E-state index contributed by atoms with van der Waals surface area (Å²) in [6.45, 7) is 10.3. The summed E-state index contributed by atoms with van der Waals surface area (Å²) in [7, 11) is 1.71. The first-order valence-electron chi connectivity index (χ1n) is 9.38. The number of aromatic nitrogens is 2. The number of likely N-dealkylation sites (N-methyl/N-ethyl adjacent to an activating group) is 1. The maximum atomic E-state index is 5.42. The molecule has 0 atom stereocenters. The lowest BCUT2D eigenvalue weighted by atomic mass is 10.1. The summed E-state index contributed by atoms with van der Waals surface area (Å²) < 4.78 is 5.42. The van der Waals surface area contributed by atoms with Gasteiger partial charge in [0.1, 0.15) is 11.6 Å². The largest absolute Gasteiger partial charge is 0.496 e. The van der Waals surface area contributed by atoms with Gasteiger partial charge >= 0.3 is 0 Å². The Labute approximate surface area is 156 Å². The molecule has 2 heterocycles. The standard InChI is InChI=1S/C20H29N5O/c1-4-24-11-13-25(14-12-24)20-22-16(2)15-19(23-20)21-10-9-17-7-5-6-8-18(17)26-3/h5-8,15H,4,9-14H2,1-3H3,(H,21,22,23). The monoisotopic (exact) mass is 355 g/mol. The summed E-state index contributed by atoms with van der Waals surface area (Å²) in [6.07, 6.45) is 0.886. The van der Waals surface area contributed by atoms with Gasteiger partial charge in [-0.3, -0.25) is 0 Å². The third kappa shape index (κ3) is 4.64. The van der Waals surface area contributed by atoms with Gasteiger partial charge in [-0.25, -0.2) is 4.98 Å². The lowest BCUT2D eigenvalue weighted by Gasteiger charge is -2.34. The molecule has 0 aliphatic carbocycles. The average molecular weight is 355 g/mol. The van der Waals surface area contributed by atoms with Crippen molar-refractivity contribution in [3.8, 4) is 5.75 Å². The van der Waals surface area contributed by atoms with Crippen LogP contribution in [0.4, 0.5) is 11.8 Å². The van der Waals surface area contributed by atoms with Gasteiger partial charge in [-0.1, -0.05) is 25.1 Å². The number of methoxy groups -OCH3 is 1. The molecule has 6 nitrogen and oxygen atoms in total. The molecule has 0 radical (unpaired) electrons. The molecular weight excluding hydrogens is 326 g/mol. The molecule has 6 heteroatoms. The molecule has 0 unspecified atom stereocenters. The summed E-state index contributed by atoms with van der Waals surface area (Å²) in [5.74, 6) is 2.66. The number of rotatable bonds is 7. The molecular formula is C20H29N5O.